The highest BCUT2D eigenvalue weighted by Crippen LogP contribution is 2.32. The first-order valence-electron chi connectivity index (χ1n) is 7.11. The summed E-state index contributed by atoms with van der Waals surface area (Å²) in [6.45, 7) is 1.72. The highest BCUT2D eigenvalue weighted by Gasteiger charge is 2.39. The number of piperidine rings is 1. The molecule has 0 spiro atoms. The first kappa shape index (κ1) is 15.9. The van der Waals surface area contributed by atoms with E-state index in [9.17, 15) is 19.2 Å². The van der Waals surface area contributed by atoms with Gasteiger partial charge in [0.05, 0.1) is 5.69 Å². The van der Waals surface area contributed by atoms with E-state index in [1.54, 1.807) is 12.1 Å². The molecule has 0 bridgehead atoms. The van der Waals surface area contributed by atoms with Crippen molar-refractivity contribution in [2.24, 2.45) is 0 Å². The zero-order chi connectivity index (χ0) is 16.7. The monoisotopic (exact) mass is 427 g/mol. The van der Waals surface area contributed by atoms with Crippen molar-refractivity contribution in [1.29, 1.82) is 0 Å². The maximum atomic E-state index is 12.6. The number of rotatable bonds is 2. The zero-order valence-electron chi connectivity index (χ0n) is 12.3. The smallest absolute Gasteiger partial charge is 0.255 e. The number of nitrogens with zero attached hydrogens (tertiary/aromatic N) is 1. The summed E-state index contributed by atoms with van der Waals surface area (Å²) in [6, 6.07) is 2.85. The quantitative estimate of drug-likeness (QED) is 0.544. The minimum absolute atomic E-state index is 0.186. The Labute approximate surface area is 145 Å². The summed E-state index contributed by atoms with van der Waals surface area (Å²) >= 11 is 2.06. The summed E-state index contributed by atoms with van der Waals surface area (Å²) in [7, 11) is 0. The van der Waals surface area contributed by atoms with Gasteiger partial charge < -0.3 is 10.2 Å². The summed E-state index contributed by atoms with van der Waals surface area (Å²) in [4.78, 5) is 48.5. The molecule has 120 valence electrons. The lowest BCUT2D eigenvalue weighted by atomic mass is 10.0. The Morgan fingerprint density at radius 3 is 2.74 bits per heavy atom. The number of hydrogen-bond acceptors (Lipinski definition) is 4. The van der Waals surface area contributed by atoms with Crippen LogP contribution >= 0.6 is 22.6 Å². The molecule has 1 saturated heterocycles. The molecule has 1 unspecified atom stereocenters. The van der Waals surface area contributed by atoms with Crippen molar-refractivity contribution in [3.63, 3.8) is 0 Å². The molecule has 8 heteroatoms. The molecule has 1 aromatic rings. The van der Waals surface area contributed by atoms with Crippen LogP contribution in [-0.2, 0) is 20.9 Å². The van der Waals surface area contributed by atoms with Crippen molar-refractivity contribution in [2.75, 3.05) is 5.32 Å². The number of anilines is 1. The fraction of sp³-hybridized carbons (Fsp3) is 0.333. The fourth-order valence-electron chi connectivity index (χ4n) is 2.87. The van der Waals surface area contributed by atoms with Gasteiger partial charge in [-0.1, -0.05) is 0 Å². The molecule has 0 aliphatic carbocycles. The van der Waals surface area contributed by atoms with Gasteiger partial charge in [-0.3, -0.25) is 24.5 Å². The van der Waals surface area contributed by atoms with Crippen LogP contribution in [0.1, 0.15) is 35.7 Å². The molecule has 7 nitrogen and oxygen atoms in total. The summed E-state index contributed by atoms with van der Waals surface area (Å²) in [5.74, 6) is -1.15. The molecule has 0 aromatic heterocycles. The Balaban J connectivity index is 1.88. The minimum Gasteiger partial charge on any atom is -0.325 e. The van der Waals surface area contributed by atoms with Gasteiger partial charge in [-0.25, -0.2) is 0 Å². The van der Waals surface area contributed by atoms with Crippen molar-refractivity contribution < 1.29 is 19.2 Å². The second kappa shape index (κ2) is 5.91. The van der Waals surface area contributed by atoms with Gasteiger partial charge >= 0.3 is 0 Å². The van der Waals surface area contributed by atoms with Crippen molar-refractivity contribution in [3.8, 4) is 0 Å². The average molecular weight is 427 g/mol. The lowest BCUT2D eigenvalue weighted by Crippen LogP contribution is -2.52. The molecular formula is C15H14IN3O4. The third-order valence-electron chi connectivity index (χ3n) is 3.92. The van der Waals surface area contributed by atoms with Crippen LogP contribution in [0.4, 0.5) is 5.69 Å². The number of amides is 4. The Morgan fingerprint density at radius 1 is 1.35 bits per heavy atom. The maximum Gasteiger partial charge on any atom is 0.255 e. The Bertz CT molecular complexity index is 746. The predicted octanol–water partition coefficient (Wildman–Crippen LogP) is 1.01. The van der Waals surface area contributed by atoms with Crippen LogP contribution in [-0.4, -0.2) is 34.6 Å². The number of carbonyl (C=O) groups is 4. The summed E-state index contributed by atoms with van der Waals surface area (Å²) in [5, 5.41) is 5.00. The van der Waals surface area contributed by atoms with Gasteiger partial charge in [-0.05, 0) is 46.7 Å². The van der Waals surface area contributed by atoms with Crippen LogP contribution in [0, 0.1) is 3.57 Å². The molecule has 1 atom stereocenters. The third kappa shape index (κ3) is 2.94. The summed E-state index contributed by atoms with van der Waals surface area (Å²) < 4.78 is 0.759. The van der Waals surface area contributed by atoms with E-state index >= 15 is 0 Å². The Morgan fingerprint density at radius 2 is 2.09 bits per heavy atom. The number of hydrogen-bond donors (Lipinski definition) is 2. The molecular weight excluding hydrogens is 413 g/mol. The topological polar surface area (TPSA) is 95.6 Å². The number of fused-ring (bicyclic) bond motifs is 1. The Hall–Kier alpha value is -1.97. The molecule has 0 saturated carbocycles. The molecule has 4 amide bonds. The predicted molar refractivity (Wildman–Crippen MR) is 89.5 cm³/mol. The van der Waals surface area contributed by atoms with Gasteiger partial charge in [0.15, 0.2) is 0 Å². The molecule has 1 fully saturated rings. The number of halogens is 1. The number of carbonyl (C=O) groups excluding carboxylic acids is 4. The van der Waals surface area contributed by atoms with E-state index in [0.29, 0.717) is 24.2 Å². The second-order valence-electron chi connectivity index (χ2n) is 5.57. The van der Waals surface area contributed by atoms with Gasteiger partial charge in [0.25, 0.3) is 5.91 Å². The van der Waals surface area contributed by atoms with Gasteiger partial charge in [-0.2, -0.15) is 0 Å². The van der Waals surface area contributed by atoms with E-state index < -0.39 is 11.9 Å². The van der Waals surface area contributed by atoms with E-state index in [0.717, 1.165) is 9.13 Å². The van der Waals surface area contributed by atoms with Crippen LogP contribution in [0.5, 0.6) is 0 Å². The minimum atomic E-state index is -0.630. The standard InChI is InChI=1S/C15H14IN3O4/c1-7(20)17-11-4-8-6-19(15(23)9(8)5-10(11)16)12-2-3-13(21)18-14(12)22/h4-5,12H,2-3,6H2,1H3,(H,17,20)(H,18,21,22). The van der Waals surface area contributed by atoms with E-state index in [1.165, 1.54) is 11.8 Å². The lowest BCUT2D eigenvalue weighted by Gasteiger charge is -2.29. The fourth-order valence-corrected chi connectivity index (χ4v) is 3.48. The van der Waals surface area contributed by atoms with E-state index in [1.807, 2.05) is 0 Å². The van der Waals surface area contributed by atoms with Gasteiger partial charge in [0, 0.05) is 29.0 Å². The Kier molecular flexibility index (Phi) is 4.09. The first-order chi connectivity index (χ1) is 10.9. The van der Waals surface area contributed by atoms with Crippen molar-refractivity contribution >= 4 is 51.9 Å². The van der Waals surface area contributed by atoms with E-state index in [2.05, 4.69) is 33.2 Å². The first-order valence-corrected chi connectivity index (χ1v) is 8.19. The van der Waals surface area contributed by atoms with Crippen LogP contribution in [0.15, 0.2) is 12.1 Å². The largest absolute Gasteiger partial charge is 0.325 e. The molecule has 23 heavy (non-hydrogen) atoms. The SMILES string of the molecule is CC(=O)Nc1cc2c(cc1I)C(=O)N(C1CCC(=O)NC1=O)C2. The van der Waals surface area contributed by atoms with Crippen molar-refractivity contribution in [1.82, 2.24) is 10.2 Å². The molecule has 2 heterocycles. The zero-order valence-corrected chi connectivity index (χ0v) is 14.5. The molecule has 0 radical (unpaired) electrons. The second-order valence-corrected chi connectivity index (χ2v) is 6.73. The van der Waals surface area contributed by atoms with Gasteiger partial charge in [-0.15, -0.1) is 0 Å². The molecule has 2 aliphatic heterocycles. The van der Waals surface area contributed by atoms with Gasteiger partial charge in [0.1, 0.15) is 6.04 Å². The maximum absolute atomic E-state index is 12.6. The lowest BCUT2D eigenvalue weighted by molar-refractivity contribution is -0.136. The number of nitrogens with one attached hydrogen (secondary N) is 2. The van der Waals surface area contributed by atoms with E-state index in [-0.39, 0.29) is 24.1 Å². The normalized spacial score (nSPS) is 20.3. The molecule has 1 aromatic carbocycles. The third-order valence-corrected chi connectivity index (χ3v) is 4.81. The van der Waals surface area contributed by atoms with Crippen LogP contribution < -0.4 is 10.6 Å². The number of benzene rings is 1. The molecule has 2 aliphatic rings. The summed E-state index contributed by atoms with van der Waals surface area (Å²) in [5.41, 5.74) is 1.95. The van der Waals surface area contributed by atoms with Crippen molar-refractivity contribution in [2.45, 2.75) is 32.4 Å². The van der Waals surface area contributed by atoms with Gasteiger partial charge in [0.2, 0.25) is 17.7 Å². The van der Waals surface area contributed by atoms with Crippen LogP contribution in [0.3, 0.4) is 0 Å². The highest BCUT2D eigenvalue weighted by atomic mass is 127. The number of imide groups is 1. The molecule has 3 rings (SSSR count). The highest BCUT2D eigenvalue weighted by molar-refractivity contribution is 14.1. The summed E-state index contributed by atoms with van der Waals surface area (Å²) in [6.07, 6.45) is 0.561. The van der Waals surface area contributed by atoms with E-state index in [4.69, 9.17) is 0 Å². The van der Waals surface area contributed by atoms with Crippen LogP contribution in [0.25, 0.3) is 0 Å². The molecule has 2 N–H and O–H groups in total. The van der Waals surface area contributed by atoms with Crippen molar-refractivity contribution in [3.05, 3.63) is 26.8 Å². The average Bonchev–Trinajstić information content (AvgIpc) is 2.76. The van der Waals surface area contributed by atoms with Crippen LogP contribution in [0.2, 0.25) is 0 Å².